The predicted molar refractivity (Wildman–Crippen MR) is 105 cm³/mol. The third kappa shape index (κ3) is 5.28. The highest BCUT2D eigenvalue weighted by molar-refractivity contribution is 7.93. The van der Waals surface area contributed by atoms with Crippen molar-refractivity contribution < 1.29 is 22.7 Å². The fraction of sp³-hybridized carbons (Fsp3) is 0.278. The fourth-order valence-electron chi connectivity index (χ4n) is 2.27. The zero-order valence-electron chi connectivity index (χ0n) is 15.0. The van der Waals surface area contributed by atoms with Gasteiger partial charge >= 0.3 is 5.97 Å². The molecule has 0 unspecified atom stereocenters. The summed E-state index contributed by atoms with van der Waals surface area (Å²) in [6.07, 6.45) is -0.382. The van der Waals surface area contributed by atoms with Gasteiger partial charge in [-0.05, 0) is 56.3 Å². The number of rotatable bonds is 7. The van der Waals surface area contributed by atoms with Gasteiger partial charge in [0, 0.05) is 5.02 Å². The molecule has 2 rings (SSSR count). The van der Waals surface area contributed by atoms with E-state index >= 15 is 0 Å². The van der Waals surface area contributed by atoms with Crippen LogP contribution in [0.2, 0.25) is 10.0 Å². The Kier molecular flexibility index (Phi) is 6.97. The minimum atomic E-state index is -4.18. The van der Waals surface area contributed by atoms with Crippen LogP contribution >= 0.6 is 23.2 Å². The predicted octanol–water partition coefficient (Wildman–Crippen LogP) is 4.15. The molecule has 0 saturated carbocycles. The molecule has 146 valence electrons. The van der Waals surface area contributed by atoms with Gasteiger partial charge in [0.15, 0.2) is 0 Å². The van der Waals surface area contributed by atoms with Crippen LogP contribution in [0.25, 0.3) is 0 Å². The first kappa shape index (κ1) is 21.3. The highest BCUT2D eigenvalue weighted by Gasteiger charge is 2.30. The summed E-state index contributed by atoms with van der Waals surface area (Å²) in [5.74, 6) is -0.149. The van der Waals surface area contributed by atoms with Gasteiger partial charge in [-0.15, -0.1) is 0 Å². The van der Waals surface area contributed by atoms with Crippen molar-refractivity contribution in [2.24, 2.45) is 0 Å². The lowest BCUT2D eigenvalue weighted by atomic mass is 10.3. The Morgan fingerprint density at radius 1 is 1.11 bits per heavy atom. The van der Waals surface area contributed by atoms with Crippen molar-refractivity contribution in [3.05, 3.63) is 52.5 Å². The third-order valence-electron chi connectivity index (χ3n) is 3.46. The second-order valence-corrected chi connectivity index (χ2v) is 8.50. The molecular weight excluding hydrogens is 413 g/mol. The minimum Gasteiger partial charge on any atom is -0.497 e. The van der Waals surface area contributed by atoms with Gasteiger partial charge in [0.2, 0.25) is 0 Å². The van der Waals surface area contributed by atoms with E-state index in [4.69, 9.17) is 32.7 Å². The van der Waals surface area contributed by atoms with Crippen LogP contribution in [-0.4, -0.2) is 34.1 Å². The summed E-state index contributed by atoms with van der Waals surface area (Å²) in [5.41, 5.74) is 0.257. The van der Waals surface area contributed by atoms with E-state index in [1.807, 2.05) is 0 Å². The van der Waals surface area contributed by atoms with Crippen LogP contribution in [0.15, 0.2) is 47.4 Å². The maximum Gasteiger partial charge on any atom is 0.327 e. The zero-order chi connectivity index (χ0) is 20.2. The van der Waals surface area contributed by atoms with E-state index in [-0.39, 0.29) is 26.7 Å². The van der Waals surface area contributed by atoms with Gasteiger partial charge in [0.05, 0.1) is 23.9 Å². The number of esters is 1. The molecule has 2 aromatic rings. The van der Waals surface area contributed by atoms with E-state index in [0.717, 1.165) is 4.31 Å². The maximum atomic E-state index is 13.2. The van der Waals surface area contributed by atoms with Gasteiger partial charge in [0.1, 0.15) is 17.2 Å². The summed E-state index contributed by atoms with van der Waals surface area (Å²) < 4.78 is 37.6. The number of ether oxygens (including phenoxy) is 2. The Hall–Kier alpha value is -1.96. The average molecular weight is 432 g/mol. The number of methoxy groups -OCH3 is 1. The molecular formula is C18H19Cl2NO5S. The van der Waals surface area contributed by atoms with Crippen LogP contribution in [0.3, 0.4) is 0 Å². The number of anilines is 1. The SMILES string of the molecule is COc1ccc(N(CC(=O)OC(C)C)S(=O)(=O)c2cc(Cl)ccc2Cl)cc1. The molecule has 0 bridgehead atoms. The number of benzene rings is 2. The Morgan fingerprint density at radius 3 is 2.30 bits per heavy atom. The fourth-order valence-corrected chi connectivity index (χ4v) is 4.42. The summed E-state index contributed by atoms with van der Waals surface area (Å²) in [6.45, 7) is 2.84. The molecule has 0 atom stereocenters. The van der Waals surface area contributed by atoms with Gasteiger partial charge in [-0.1, -0.05) is 23.2 Å². The van der Waals surface area contributed by atoms with Gasteiger partial charge < -0.3 is 9.47 Å². The largest absolute Gasteiger partial charge is 0.497 e. The van der Waals surface area contributed by atoms with Crippen LogP contribution in [0.5, 0.6) is 5.75 Å². The Labute approximate surface area is 168 Å². The Morgan fingerprint density at radius 2 is 1.74 bits per heavy atom. The number of carbonyl (C=O) groups excluding carboxylic acids is 1. The molecule has 0 aliphatic carbocycles. The highest BCUT2D eigenvalue weighted by atomic mass is 35.5. The van der Waals surface area contributed by atoms with Gasteiger partial charge in [0.25, 0.3) is 10.0 Å². The molecule has 27 heavy (non-hydrogen) atoms. The van der Waals surface area contributed by atoms with Gasteiger partial charge in [-0.3, -0.25) is 9.10 Å². The van der Waals surface area contributed by atoms with Crippen LogP contribution in [0, 0.1) is 0 Å². The quantitative estimate of drug-likeness (QED) is 0.615. The second kappa shape index (κ2) is 8.82. The zero-order valence-corrected chi connectivity index (χ0v) is 17.3. The first-order valence-electron chi connectivity index (χ1n) is 7.96. The Balaban J connectivity index is 2.52. The second-order valence-electron chi connectivity index (χ2n) is 5.82. The molecule has 0 aliphatic rings. The smallest absolute Gasteiger partial charge is 0.327 e. The third-order valence-corrected chi connectivity index (χ3v) is 5.95. The lowest BCUT2D eigenvalue weighted by Crippen LogP contribution is -2.37. The average Bonchev–Trinajstić information content (AvgIpc) is 2.61. The number of sulfonamides is 1. The lowest BCUT2D eigenvalue weighted by molar-refractivity contribution is -0.145. The lowest BCUT2D eigenvalue weighted by Gasteiger charge is -2.25. The molecule has 0 spiro atoms. The monoisotopic (exact) mass is 431 g/mol. The maximum absolute atomic E-state index is 13.2. The normalized spacial score (nSPS) is 11.3. The number of hydrogen-bond acceptors (Lipinski definition) is 5. The molecule has 0 N–H and O–H groups in total. The summed E-state index contributed by atoms with van der Waals surface area (Å²) in [4.78, 5) is 12.0. The van der Waals surface area contributed by atoms with Crippen molar-refractivity contribution >= 4 is 44.9 Å². The van der Waals surface area contributed by atoms with Crippen LogP contribution in [0.1, 0.15) is 13.8 Å². The summed E-state index contributed by atoms with van der Waals surface area (Å²) in [7, 11) is -2.69. The molecule has 0 amide bonds. The van der Waals surface area contributed by atoms with E-state index in [1.165, 1.54) is 37.4 Å². The van der Waals surface area contributed by atoms with Gasteiger partial charge in [-0.25, -0.2) is 8.42 Å². The molecule has 0 radical (unpaired) electrons. The molecule has 0 aliphatic heterocycles. The van der Waals surface area contributed by atoms with Crippen molar-refractivity contribution in [1.82, 2.24) is 0 Å². The van der Waals surface area contributed by atoms with Crippen LogP contribution in [0.4, 0.5) is 5.69 Å². The number of hydrogen-bond donors (Lipinski definition) is 0. The first-order valence-corrected chi connectivity index (χ1v) is 10.2. The first-order chi connectivity index (χ1) is 12.6. The number of halogens is 2. The van der Waals surface area contributed by atoms with Crippen molar-refractivity contribution in [3.8, 4) is 5.75 Å². The molecule has 0 fully saturated rings. The van der Waals surface area contributed by atoms with Crippen molar-refractivity contribution in [2.45, 2.75) is 24.8 Å². The van der Waals surface area contributed by atoms with E-state index in [0.29, 0.717) is 5.75 Å². The molecule has 9 heteroatoms. The van der Waals surface area contributed by atoms with Crippen LogP contribution in [-0.2, 0) is 19.6 Å². The minimum absolute atomic E-state index is 0.00450. The van der Waals surface area contributed by atoms with Crippen molar-refractivity contribution in [2.75, 3.05) is 18.0 Å². The van der Waals surface area contributed by atoms with E-state index in [2.05, 4.69) is 0 Å². The summed E-state index contributed by atoms with van der Waals surface area (Å²) in [5, 5.41) is 0.201. The van der Waals surface area contributed by atoms with Crippen molar-refractivity contribution in [3.63, 3.8) is 0 Å². The van der Waals surface area contributed by atoms with Gasteiger partial charge in [-0.2, -0.15) is 0 Å². The molecule has 6 nitrogen and oxygen atoms in total. The standard InChI is InChI=1S/C18H19Cl2NO5S/c1-12(2)26-18(22)11-21(14-5-7-15(25-3)8-6-14)27(23,24)17-10-13(19)4-9-16(17)20/h4-10,12H,11H2,1-3H3. The molecule has 0 aromatic heterocycles. The molecule has 2 aromatic carbocycles. The Bertz CT molecular complexity index is 914. The highest BCUT2D eigenvalue weighted by Crippen LogP contribution is 2.31. The van der Waals surface area contributed by atoms with Crippen LogP contribution < -0.4 is 9.04 Å². The molecule has 0 saturated heterocycles. The van der Waals surface area contributed by atoms with E-state index < -0.39 is 22.5 Å². The topological polar surface area (TPSA) is 72.9 Å². The summed E-state index contributed by atoms with van der Waals surface area (Å²) >= 11 is 12.0. The number of carbonyl (C=O) groups is 1. The van der Waals surface area contributed by atoms with Crippen molar-refractivity contribution in [1.29, 1.82) is 0 Å². The summed E-state index contributed by atoms with van der Waals surface area (Å²) in [6, 6.07) is 10.3. The van der Waals surface area contributed by atoms with E-state index in [9.17, 15) is 13.2 Å². The van der Waals surface area contributed by atoms with E-state index in [1.54, 1.807) is 26.0 Å². The molecule has 0 heterocycles. The number of nitrogens with zero attached hydrogens (tertiary/aromatic N) is 1.